The van der Waals surface area contributed by atoms with Crippen molar-refractivity contribution in [1.29, 1.82) is 0 Å². The summed E-state index contributed by atoms with van der Waals surface area (Å²) in [5.41, 5.74) is -0.835. The molecular formula is C22H22FN3O7S. The fraction of sp³-hybridized carbons (Fsp3) is 0.318. The number of rotatable bonds is 6. The van der Waals surface area contributed by atoms with Gasteiger partial charge in [0.1, 0.15) is 16.9 Å². The molecule has 1 amide bonds. The fourth-order valence-electron chi connectivity index (χ4n) is 3.78. The molecule has 0 spiro atoms. The van der Waals surface area contributed by atoms with Crippen LogP contribution in [0.2, 0.25) is 0 Å². The molecule has 180 valence electrons. The second-order valence-corrected chi connectivity index (χ2v) is 9.77. The average Bonchev–Trinajstić information content (AvgIpc) is 2.81. The molecule has 1 aliphatic heterocycles. The number of sulfone groups is 1. The summed E-state index contributed by atoms with van der Waals surface area (Å²) < 4.78 is 49.9. The van der Waals surface area contributed by atoms with Gasteiger partial charge < -0.3 is 24.5 Å². The van der Waals surface area contributed by atoms with Crippen molar-refractivity contribution in [2.75, 3.05) is 26.1 Å². The average molecular weight is 491 g/mol. The normalized spacial score (nSPS) is 16.5. The van der Waals surface area contributed by atoms with E-state index in [0.29, 0.717) is 18.7 Å². The van der Waals surface area contributed by atoms with Crippen molar-refractivity contribution in [3.8, 4) is 5.75 Å². The number of benzene rings is 1. The summed E-state index contributed by atoms with van der Waals surface area (Å²) in [4.78, 5) is 30.1. The summed E-state index contributed by atoms with van der Waals surface area (Å²) in [7, 11) is -3.78. The maximum absolute atomic E-state index is 13.6. The van der Waals surface area contributed by atoms with Gasteiger partial charge in [0.25, 0.3) is 11.5 Å². The first-order valence-electron chi connectivity index (χ1n) is 10.3. The van der Waals surface area contributed by atoms with Crippen molar-refractivity contribution in [1.82, 2.24) is 14.9 Å². The molecule has 0 radical (unpaired) electrons. The lowest BCUT2D eigenvalue weighted by molar-refractivity contribution is -0.0935. The van der Waals surface area contributed by atoms with Gasteiger partial charge in [0.15, 0.2) is 15.6 Å². The molecule has 3 aromatic rings. The summed E-state index contributed by atoms with van der Waals surface area (Å²) in [6.07, 6.45) is 1.89. The summed E-state index contributed by atoms with van der Waals surface area (Å²) in [5, 5.41) is 13.2. The molecule has 1 aromatic carbocycles. The van der Waals surface area contributed by atoms with Crippen LogP contribution in [0.4, 0.5) is 4.39 Å². The zero-order valence-electron chi connectivity index (χ0n) is 18.2. The molecule has 34 heavy (non-hydrogen) atoms. The van der Waals surface area contributed by atoms with Crippen LogP contribution in [0.25, 0.3) is 11.0 Å². The summed E-state index contributed by atoms with van der Waals surface area (Å²) in [6, 6.07) is 6.33. The van der Waals surface area contributed by atoms with E-state index in [1.165, 1.54) is 16.8 Å². The van der Waals surface area contributed by atoms with E-state index in [1.54, 1.807) is 12.1 Å². The quantitative estimate of drug-likeness (QED) is 0.521. The van der Waals surface area contributed by atoms with Crippen molar-refractivity contribution in [3.05, 3.63) is 63.8 Å². The van der Waals surface area contributed by atoms with Crippen LogP contribution in [0.3, 0.4) is 0 Å². The lowest BCUT2D eigenvalue weighted by Gasteiger charge is -2.24. The zero-order valence-corrected chi connectivity index (χ0v) is 19.0. The topological polar surface area (TPSA) is 137 Å². The Kier molecular flexibility index (Phi) is 6.64. The van der Waals surface area contributed by atoms with E-state index in [0.717, 1.165) is 18.4 Å². The third-order valence-electron chi connectivity index (χ3n) is 5.36. The number of fused-ring (bicyclic) bond motifs is 1. The lowest BCUT2D eigenvalue weighted by atomic mass is 10.1. The minimum Gasteiger partial charge on any atom is -0.505 e. The molecule has 1 unspecified atom stereocenters. The summed E-state index contributed by atoms with van der Waals surface area (Å²) in [6.45, 7) is 0.810. The first-order valence-corrected chi connectivity index (χ1v) is 12.2. The van der Waals surface area contributed by atoms with Crippen LogP contribution in [0.15, 0.2) is 46.2 Å². The molecule has 10 nitrogen and oxygen atoms in total. The number of nitrogens with zero attached hydrogens (tertiary/aromatic N) is 2. The SMILES string of the molecule is CS(=O)(=O)c1cc(F)ccc1CNC(=O)c1c(O)c2ncccc2n(CC2COCCO2)c1=O. The number of hydrogen-bond donors (Lipinski definition) is 2. The molecular weight excluding hydrogens is 469 g/mol. The second kappa shape index (κ2) is 9.49. The van der Waals surface area contributed by atoms with Crippen molar-refractivity contribution in [3.63, 3.8) is 0 Å². The third kappa shape index (κ3) is 4.79. The van der Waals surface area contributed by atoms with E-state index >= 15 is 0 Å². The number of halogens is 1. The molecule has 2 N–H and O–H groups in total. The second-order valence-electron chi connectivity index (χ2n) is 7.79. The Bertz CT molecular complexity index is 1420. The Morgan fingerprint density at radius 3 is 2.82 bits per heavy atom. The molecule has 2 aromatic heterocycles. The summed E-state index contributed by atoms with van der Waals surface area (Å²) >= 11 is 0. The number of amides is 1. The van der Waals surface area contributed by atoms with Gasteiger partial charge in [-0.1, -0.05) is 6.07 Å². The van der Waals surface area contributed by atoms with Crippen molar-refractivity contribution < 1.29 is 32.2 Å². The number of aromatic nitrogens is 2. The maximum atomic E-state index is 13.6. The third-order valence-corrected chi connectivity index (χ3v) is 6.54. The van der Waals surface area contributed by atoms with E-state index in [-0.39, 0.29) is 35.7 Å². The molecule has 3 heterocycles. The lowest BCUT2D eigenvalue weighted by Crippen LogP contribution is -2.39. The van der Waals surface area contributed by atoms with Crippen LogP contribution in [-0.4, -0.2) is 61.2 Å². The van der Waals surface area contributed by atoms with Gasteiger partial charge in [-0.25, -0.2) is 12.8 Å². The molecule has 0 saturated carbocycles. The number of ether oxygens (including phenoxy) is 2. The standard InChI is InChI=1S/C22H22FN3O7S/c1-34(30,31)17-9-14(23)5-4-13(17)10-25-21(28)18-20(27)19-16(3-2-6-24-19)26(22(18)29)11-15-12-32-7-8-33-15/h2-6,9,15,27H,7-8,10-12H2,1H3,(H,25,28). The first kappa shape index (κ1) is 23.8. The molecule has 1 fully saturated rings. The molecule has 1 saturated heterocycles. The first-order chi connectivity index (χ1) is 16.2. The number of pyridine rings is 2. The van der Waals surface area contributed by atoms with Gasteiger partial charge in [0.05, 0.1) is 42.9 Å². The van der Waals surface area contributed by atoms with Crippen molar-refractivity contribution in [2.24, 2.45) is 0 Å². The van der Waals surface area contributed by atoms with Crippen LogP contribution in [-0.2, 0) is 32.4 Å². The molecule has 0 aliphatic carbocycles. The minimum atomic E-state index is -3.78. The van der Waals surface area contributed by atoms with E-state index in [9.17, 15) is 27.5 Å². The highest BCUT2D eigenvalue weighted by Gasteiger charge is 2.26. The number of carbonyl (C=O) groups is 1. The number of hydrogen-bond acceptors (Lipinski definition) is 8. The number of nitrogens with one attached hydrogen (secondary N) is 1. The summed E-state index contributed by atoms with van der Waals surface area (Å²) in [5.74, 6) is -2.28. The molecule has 1 aliphatic rings. The van der Waals surface area contributed by atoms with Gasteiger partial charge in [0.2, 0.25) is 0 Å². The maximum Gasteiger partial charge on any atom is 0.267 e. The Balaban J connectivity index is 1.70. The largest absolute Gasteiger partial charge is 0.505 e. The zero-order chi connectivity index (χ0) is 24.5. The Hall–Kier alpha value is -3.35. The monoisotopic (exact) mass is 491 g/mol. The predicted molar refractivity (Wildman–Crippen MR) is 119 cm³/mol. The van der Waals surface area contributed by atoms with Gasteiger partial charge in [-0.15, -0.1) is 0 Å². The van der Waals surface area contributed by atoms with E-state index in [2.05, 4.69) is 10.3 Å². The molecule has 4 rings (SSSR count). The van der Waals surface area contributed by atoms with Crippen LogP contribution < -0.4 is 10.9 Å². The van der Waals surface area contributed by atoms with Crippen LogP contribution >= 0.6 is 0 Å². The van der Waals surface area contributed by atoms with E-state index in [1.807, 2.05) is 0 Å². The molecule has 0 bridgehead atoms. The number of aromatic hydroxyl groups is 1. The predicted octanol–water partition coefficient (Wildman–Crippen LogP) is 0.990. The van der Waals surface area contributed by atoms with Gasteiger partial charge >= 0.3 is 0 Å². The van der Waals surface area contributed by atoms with Crippen molar-refractivity contribution >= 4 is 26.8 Å². The van der Waals surface area contributed by atoms with Gasteiger partial charge in [-0.2, -0.15) is 0 Å². The Labute approximate surface area is 193 Å². The Morgan fingerprint density at radius 1 is 1.32 bits per heavy atom. The van der Waals surface area contributed by atoms with E-state index < -0.39 is 44.5 Å². The highest BCUT2D eigenvalue weighted by atomic mass is 32.2. The molecule has 12 heteroatoms. The van der Waals surface area contributed by atoms with Gasteiger partial charge in [0, 0.05) is 19.0 Å². The highest BCUT2D eigenvalue weighted by molar-refractivity contribution is 7.90. The molecule has 1 atom stereocenters. The van der Waals surface area contributed by atoms with Crippen molar-refractivity contribution in [2.45, 2.75) is 24.1 Å². The van der Waals surface area contributed by atoms with Gasteiger partial charge in [-0.3, -0.25) is 14.6 Å². The fourth-order valence-corrected chi connectivity index (χ4v) is 4.72. The highest BCUT2D eigenvalue weighted by Crippen LogP contribution is 2.25. The smallest absolute Gasteiger partial charge is 0.267 e. The van der Waals surface area contributed by atoms with Crippen LogP contribution in [0.5, 0.6) is 5.75 Å². The minimum absolute atomic E-state index is 0.0441. The van der Waals surface area contributed by atoms with E-state index in [4.69, 9.17) is 9.47 Å². The number of carbonyl (C=O) groups excluding carboxylic acids is 1. The Morgan fingerprint density at radius 2 is 2.12 bits per heavy atom. The van der Waals surface area contributed by atoms with Crippen LogP contribution in [0.1, 0.15) is 15.9 Å². The van der Waals surface area contributed by atoms with Crippen LogP contribution in [0, 0.1) is 5.82 Å². The van der Waals surface area contributed by atoms with Gasteiger partial charge in [-0.05, 0) is 29.8 Å².